The summed E-state index contributed by atoms with van der Waals surface area (Å²) in [5.41, 5.74) is 2.23. The number of carbonyl (C=O) groups is 1. The number of hydrogen-bond acceptors (Lipinski definition) is 4. The van der Waals surface area contributed by atoms with Crippen molar-refractivity contribution in [3.05, 3.63) is 66.0 Å². The Morgan fingerprint density at radius 2 is 2.04 bits per heavy atom. The van der Waals surface area contributed by atoms with Crippen molar-refractivity contribution in [1.29, 1.82) is 0 Å². The Kier molecular flexibility index (Phi) is 4.97. The molecule has 7 heteroatoms. The number of aromatic nitrogens is 2. The summed E-state index contributed by atoms with van der Waals surface area (Å²) in [6.07, 6.45) is 0.833. The normalized spacial score (nSPS) is 16.2. The van der Waals surface area contributed by atoms with Crippen LogP contribution in [-0.2, 0) is 0 Å². The van der Waals surface area contributed by atoms with Crippen LogP contribution in [0.2, 0.25) is 0 Å². The molecular formula is C21H21FN4O2. The molecule has 4 rings (SSSR count). The van der Waals surface area contributed by atoms with Crippen LogP contribution in [-0.4, -0.2) is 42.3 Å². The third-order valence-electron chi connectivity index (χ3n) is 4.92. The van der Waals surface area contributed by atoms with Gasteiger partial charge in [-0.2, -0.15) is 5.10 Å². The Hall–Kier alpha value is -3.35. The summed E-state index contributed by atoms with van der Waals surface area (Å²) >= 11 is 0. The van der Waals surface area contributed by atoms with Crippen molar-refractivity contribution in [3.63, 3.8) is 0 Å². The van der Waals surface area contributed by atoms with Crippen molar-refractivity contribution in [1.82, 2.24) is 15.5 Å². The molecule has 1 aliphatic heterocycles. The summed E-state index contributed by atoms with van der Waals surface area (Å²) in [5.74, 6) is 0.967. The van der Waals surface area contributed by atoms with Crippen molar-refractivity contribution in [2.75, 3.05) is 25.1 Å². The molecule has 1 fully saturated rings. The zero-order valence-electron chi connectivity index (χ0n) is 15.5. The SMILES string of the molecule is COc1ccccc1C(=O)N[C@@H]1CCN(c2cc(-c3ccc(F)cc3)[nH]n2)C1. The molecule has 0 bridgehead atoms. The van der Waals surface area contributed by atoms with Gasteiger partial charge in [-0.15, -0.1) is 0 Å². The van der Waals surface area contributed by atoms with E-state index in [1.165, 1.54) is 12.1 Å². The minimum atomic E-state index is -0.267. The maximum absolute atomic E-state index is 13.1. The van der Waals surface area contributed by atoms with Gasteiger partial charge in [0.25, 0.3) is 5.91 Å². The molecule has 144 valence electrons. The van der Waals surface area contributed by atoms with E-state index in [0.29, 0.717) is 17.9 Å². The number of anilines is 1. The van der Waals surface area contributed by atoms with Crippen LogP contribution >= 0.6 is 0 Å². The second-order valence-electron chi connectivity index (χ2n) is 6.75. The van der Waals surface area contributed by atoms with E-state index in [1.807, 2.05) is 18.2 Å². The van der Waals surface area contributed by atoms with Gasteiger partial charge in [0.1, 0.15) is 11.6 Å². The number of methoxy groups -OCH3 is 1. The number of benzene rings is 2. The lowest BCUT2D eigenvalue weighted by Crippen LogP contribution is -2.37. The monoisotopic (exact) mass is 380 g/mol. The van der Waals surface area contributed by atoms with E-state index in [2.05, 4.69) is 20.4 Å². The van der Waals surface area contributed by atoms with Crippen LogP contribution in [0.4, 0.5) is 10.2 Å². The third kappa shape index (κ3) is 3.69. The Balaban J connectivity index is 1.40. The van der Waals surface area contributed by atoms with Crippen molar-refractivity contribution in [2.45, 2.75) is 12.5 Å². The largest absolute Gasteiger partial charge is 0.496 e. The molecule has 1 saturated heterocycles. The van der Waals surface area contributed by atoms with Gasteiger partial charge in [-0.05, 0) is 48.4 Å². The van der Waals surface area contributed by atoms with Gasteiger partial charge >= 0.3 is 0 Å². The number of H-pyrrole nitrogens is 1. The van der Waals surface area contributed by atoms with Crippen molar-refractivity contribution in [3.8, 4) is 17.0 Å². The molecule has 0 unspecified atom stereocenters. The van der Waals surface area contributed by atoms with Gasteiger partial charge in [0.05, 0.1) is 18.4 Å². The Labute approximate surface area is 162 Å². The first kappa shape index (κ1) is 18.0. The Morgan fingerprint density at radius 1 is 1.25 bits per heavy atom. The Bertz CT molecular complexity index is 971. The van der Waals surface area contributed by atoms with Gasteiger partial charge < -0.3 is 15.0 Å². The minimum absolute atomic E-state index is 0.0309. The first-order valence-corrected chi connectivity index (χ1v) is 9.14. The fraction of sp³-hybridized carbons (Fsp3) is 0.238. The topological polar surface area (TPSA) is 70.2 Å². The maximum atomic E-state index is 13.1. The fourth-order valence-electron chi connectivity index (χ4n) is 3.43. The average molecular weight is 380 g/mol. The van der Waals surface area contributed by atoms with Crippen LogP contribution in [0.25, 0.3) is 11.3 Å². The molecule has 0 saturated carbocycles. The van der Waals surface area contributed by atoms with Gasteiger partial charge in [-0.1, -0.05) is 12.1 Å². The molecule has 2 aromatic carbocycles. The van der Waals surface area contributed by atoms with Crippen LogP contribution in [0, 0.1) is 5.82 Å². The molecule has 1 aromatic heterocycles. The molecular weight excluding hydrogens is 359 g/mol. The zero-order valence-corrected chi connectivity index (χ0v) is 15.5. The number of ether oxygens (including phenoxy) is 1. The van der Waals surface area contributed by atoms with E-state index in [0.717, 1.165) is 30.0 Å². The molecule has 3 aromatic rings. The lowest BCUT2D eigenvalue weighted by Gasteiger charge is -2.16. The molecule has 0 radical (unpaired) electrons. The van der Waals surface area contributed by atoms with Crippen LogP contribution in [0.5, 0.6) is 5.75 Å². The van der Waals surface area contributed by atoms with E-state index in [9.17, 15) is 9.18 Å². The second kappa shape index (κ2) is 7.72. The zero-order chi connectivity index (χ0) is 19.5. The van der Waals surface area contributed by atoms with E-state index >= 15 is 0 Å². The number of aromatic amines is 1. The average Bonchev–Trinajstić information content (AvgIpc) is 3.38. The summed E-state index contributed by atoms with van der Waals surface area (Å²) < 4.78 is 18.4. The highest BCUT2D eigenvalue weighted by Crippen LogP contribution is 2.25. The molecule has 0 aliphatic carbocycles. The summed E-state index contributed by atoms with van der Waals surface area (Å²) in [5, 5.41) is 10.4. The highest BCUT2D eigenvalue weighted by atomic mass is 19.1. The lowest BCUT2D eigenvalue weighted by atomic mass is 10.1. The fourth-order valence-corrected chi connectivity index (χ4v) is 3.43. The summed E-state index contributed by atoms with van der Waals surface area (Å²) in [7, 11) is 1.56. The van der Waals surface area contributed by atoms with Gasteiger partial charge in [0.2, 0.25) is 0 Å². The quantitative estimate of drug-likeness (QED) is 0.713. The number of carbonyl (C=O) groups excluding carboxylic acids is 1. The van der Waals surface area contributed by atoms with E-state index in [4.69, 9.17) is 4.74 Å². The van der Waals surface area contributed by atoms with Crippen LogP contribution in [0.15, 0.2) is 54.6 Å². The van der Waals surface area contributed by atoms with Crippen molar-refractivity contribution >= 4 is 11.7 Å². The molecule has 1 amide bonds. The molecule has 1 atom stereocenters. The molecule has 0 spiro atoms. The second-order valence-corrected chi connectivity index (χ2v) is 6.75. The summed E-state index contributed by atoms with van der Waals surface area (Å²) in [4.78, 5) is 14.7. The smallest absolute Gasteiger partial charge is 0.255 e. The molecule has 28 heavy (non-hydrogen) atoms. The maximum Gasteiger partial charge on any atom is 0.255 e. The number of amides is 1. The minimum Gasteiger partial charge on any atom is -0.496 e. The van der Waals surface area contributed by atoms with Crippen molar-refractivity contribution in [2.24, 2.45) is 0 Å². The molecule has 2 N–H and O–H groups in total. The van der Waals surface area contributed by atoms with E-state index in [1.54, 1.807) is 31.4 Å². The number of para-hydroxylation sites is 1. The van der Waals surface area contributed by atoms with Gasteiger partial charge in [0, 0.05) is 25.2 Å². The van der Waals surface area contributed by atoms with Crippen LogP contribution in [0.1, 0.15) is 16.8 Å². The third-order valence-corrected chi connectivity index (χ3v) is 4.92. The first-order chi connectivity index (χ1) is 13.6. The lowest BCUT2D eigenvalue weighted by molar-refractivity contribution is 0.0937. The van der Waals surface area contributed by atoms with Gasteiger partial charge in [-0.3, -0.25) is 9.89 Å². The number of rotatable bonds is 5. The molecule has 6 nitrogen and oxygen atoms in total. The van der Waals surface area contributed by atoms with E-state index < -0.39 is 0 Å². The number of hydrogen-bond donors (Lipinski definition) is 2. The van der Waals surface area contributed by atoms with Crippen LogP contribution in [0.3, 0.4) is 0 Å². The van der Waals surface area contributed by atoms with Crippen LogP contribution < -0.4 is 15.0 Å². The molecule has 1 aliphatic rings. The van der Waals surface area contributed by atoms with E-state index in [-0.39, 0.29) is 17.8 Å². The predicted octanol–water partition coefficient (Wildman–Crippen LogP) is 3.23. The van der Waals surface area contributed by atoms with Gasteiger partial charge in [-0.25, -0.2) is 4.39 Å². The highest BCUT2D eigenvalue weighted by Gasteiger charge is 2.26. The number of nitrogens with zero attached hydrogens (tertiary/aromatic N) is 2. The first-order valence-electron chi connectivity index (χ1n) is 9.14. The van der Waals surface area contributed by atoms with Gasteiger partial charge in [0.15, 0.2) is 5.82 Å². The Morgan fingerprint density at radius 3 is 2.82 bits per heavy atom. The standard InChI is InChI=1S/C21H21FN4O2/c1-28-19-5-3-2-4-17(19)21(27)23-16-10-11-26(13-16)20-12-18(24-25-20)14-6-8-15(22)9-7-14/h2-9,12,16H,10-11,13H2,1H3,(H,23,27)(H,24,25)/t16-/m1/s1. The van der Waals surface area contributed by atoms with Crippen molar-refractivity contribution < 1.29 is 13.9 Å². The summed E-state index contributed by atoms with van der Waals surface area (Å²) in [6, 6.07) is 15.4. The number of halogens is 1. The molecule has 2 heterocycles. The highest BCUT2D eigenvalue weighted by molar-refractivity contribution is 5.97. The number of nitrogens with one attached hydrogen (secondary N) is 2. The summed E-state index contributed by atoms with van der Waals surface area (Å²) in [6.45, 7) is 1.47. The predicted molar refractivity (Wildman–Crippen MR) is 105 cm³/mol.